The van der Waals surface area contributed by atoms with Gasteiger partial charge in [-0.05, 0) is 24.0 Å². The highest BCUT2D eigenvalue weighted by molar-refractivity contribution is 5.99. The van der Waals surface area contributed by atoms with Crippen molar-refractivity contribution >= 4 is 23.8 Å². The first kappa shape index (κ1) is 23.0. The second-order valence-electron chi connectivity index (χ2n) is 6.75. The number of hydrogen-bond donors (Lipinski definition) is 3. The monoisotopic (exact) mass is 399 g/mol. The van der Waals surface area contributed by atoms with E-state index in [2.05, 4.69) is 5.32 Å². The van der Waals surface area contributed by atoms with Crippen LogP contribution in [0.5, 0.6) is 0 Å². The molecule has 0 aliphatic heterocycles. The third-order valence-corrected chi connectivity index (χ3v) is 3.75. The number of urea groups is 1. The fourth-order valence-corrected chi connectivity index (χ4v) is 2.31. The fraction of sp³-hybridized carbons (Fsp3) is 0.444. The smallest absolute Gasteiger partial charge is 0.329 e. The summed E-state index contributed by atoms with van der Waals surface area (Å²) in [5.74, 6) is -6.30. The third-order valence-electron chi connectivity index (χ3n) is 3.75. The van der Waals surface area contributed by atoms with Gasteiger partial charge in [0, 0.05) is 0 Å². The quantitative estimate of drug-likeness (QED) is 0.599. The van der Waals surface area contributed by atoms with E-state index in [4.69, 9.17) is 10.5 Å². The summed E-state index contributed by atoms with van der Waals surface area (Å²) >= 11 is 0. The first-order valence-electron chi connectivity index (χ1n) is 8.51. The number of esters is 1. The predicted octanol–water partition coefficient (Wildman–Crippen LogP) is 1.48. The molecule has 4 N–H and O–H groups in total. The number of carbonyl (C=O) groups is 4. The molecule has 0 aromatic heterocycles. The van der Waals surface area contributed by atoms with Crippen molar-refractivity contribution in [3.8, 4) is 0 Å². The van der Waals surface area contributed by atoms with Gasteiger partial charge >= 0.3 is 12.0 Å². The molecular weight excluding hydrogens is 376 g/mol. The Morgan fingerprint density at radius 3 is 1.96 bits per heavy atom. The molecule has 154 valence electrons. The summed E-state index contributed by atoms with van der Waals surface area (Å²) in [6.45, 7) is 6.27. The number of nitrogens with one attached hydrogen (secondary N) is 2. The normalized spacial score (nSPS) is 13.0. The van der Waals surface area contributed by atoms with Crippen LogP contribution in [0.25, 0.3) is 0 Å². The van der Waals surface area contributed by atoms with E-state index < -0.39 is 65.0 Å². The molecular formula is C18H23F2N3O5. The molecule has 28 heavy (non-hydrogen) atoms. The van der Waals surface area contributed by atoms with Crippen LogP contribution in [0, 0.1) is 23.5 Å². The number of amides is 4. The van der Waals surface area contributed by atoms with Gasteiger partial charge in [0.15, 0.2) is 6.10 Å². The average molecular weight is 399 g/mol. The van der Waals surface area contributed by atoms with E-state index >= 15 is 0 Å². The lowest BCUT2D eigenvalue weighted by molar-refractivity contribution is -0.161. The van der Waals surface area contributed by atoms with Crippen molar-refractivity contribution in [3.63, 3.8) is 0 Å². The van der Waals surface area contributed by atoms with Crippen LogP contribution in [0.1, 0.15) is 38.1 Å². The van der Waals surface area contributed by atoms with Crippen molar-refractivity contribution in [3.05, 3.63) is 35.4 Å². The number of carbonyl (C=O) groups excluding carboxylic acids is 4. The van der Waals surface area contributed by atoms with Gasteiger partial charge in [-0.3, -0.25) is 14.9 Å². The van der Waals surface area contributed by atoms with Crippen LogP contribution >= 0.6 is 0 Å². The van der Waals surface area contributed by atoms with Crippen molar-refractivity contribution in [2.75, 3.05) is 0 Å². The molecule has 0 saturated carbocycles. The second-order valence-corrected chi connectivity index (χ2v) is 6.75. The minimum Gasteiger partial charge on any atom is -0.450 e. The van der Waals surface area contributed by atoms with Crippen LogP contribution in [-0.2, 0) is 14.3 Å². The Labute approximate surface area is 160 Å². The zero-order chi connectivity index (χ0) is 21.6. The average Bonchev–Trinajstić information content (AvgIpc) is 2.55. The topological polar surface area (TPSA) is 128 Å². The molecule has 0 aliphatic rings. The molecule has 0 spiro atoms. The summed E-state index contributed by atoms with van der Waals surface area (Å²) in [5, 5.41) is 4.04. The van der Waals surface area contributed by atoms with Gasteiger partial charge in [0.2, 0.25) is 0 Å². The summed E-state index contributed by atoms with van der Waals surface area (Å²) in [4.78, 5) is 47.6. The van der Waals surface area contributed by atoms with Crippen molar-refractivity contribution in [2.24, 2.45) is 17.6 Å². The molecule has 4 amide bonds. The summed E-state index contributed by atoms with van der Waals surface area (Å²) < 4.78 is 32.7. The van der Waals surface area contributed by atoms with Crippen LogP contribution in [0.3, 0.4) is 0 Å². The molecule has 2 atom stereocenters. The SMILES string of the molecule is CC(C)[C@H](NC(=O)c1c(F)cccc1F)C(=O)O[C@@H](C(=O)NC(N)=O)C(C)C. The van der Waals surface area contributed by atoms with Crippen LogP contribution in [0.15, 0.2) is 18.2 Å². The highest BCUT2D eigenvalue weighted by Gasteiger charge is 2.33. The van der Waals surface area contributed by atoms with Gasteiger partial charge in [-0.25, -0.2) is 18.4 Å². The third kappa shape index (κ3) is 6.00. The number of imide groups is 1. The maximum atomic E-state index is 13.8. The van der Waals surface area contributed by atoms with Crippen molar-refractivity contribution in [2.45, 2.75) is 39.8 Å². The largest absolute Gasteiger partial charge is 0.450 e. The molecule has 0 fully saturated rings. The van der Waals surface area contributed by atoms with E-state index in [1.54, 1.807) is 27.7 Å². The number of nitrogens with two attached hydrogens (primary N) is 1. The van der Waals surface area contributed by atoms with Crippen LogP contribution in [0.4, 0.5) is 13.6 Å². The molecule has 8 nitrogen and oxygen atoms in total. The van der Waals surface area contributed by atoms with Crippen molar-refractivity contribution in [1.29, 1.82) is 0 Å². The molecule has 0 unspecified atom stereocenters. The number of ether oxygens (including phenoxy) is 1. The summed E-state index contributed by atoms with van der Waals surface area (Å²) in [6.07, 6.45) is -1.36. The van der Waals surface area contributed by atoms with Crippen molar-refractivity contribution < 1.29 is 32.7 Å². The Morgan fingerprint density at radius 1 is 1.00 bits per heavy atom. The number of benzene rings is 1. The lowest BCUT2D eigenvalue weighted by Gasteiger charge is -2.25. The van der Waals surface area contributed by atoms with Gasteiger partial charge in [-0.1, -0.05) is 33.8 Å². The Balaban J connectivity index is 3.01. The maximum absolute atomic E-state index is 13.8. The van der Waals surface area contributed by atoms with Crippen LogP contribution in [0.2, 0.25) is 0 Å². The minimum absolute atomic E-state index is 0.518. The van der Waals surface area contributed by atoms with E-state index in [-0.39, 0.29) is 0 Å². The number of primary amides is 1. The zero-order valence-corrected chi connectivity index (χ0v) is 15.9. The fourth-order valence-electron chi connectivity index (χ4n) is 2.31. The van der Waals surface area contributed by atoms with E-state index in [1.807, 2.05) is 5.32 Å². The first-order valence-corrected chi connectivity index (χ1v) is 8.51. The standard InChI is InChI=1S/C18H23F2N3O5/c1-8(2)13(22-15(24)12-10(19)6-5-7-11(12)20)17(26)28-14(9(3)4)16(25)23-18(21)27/h5-9,13-14H,1-4H3,(H,22,24)(H3,21,23,25,27)/t13-,14+/m0/s1. The van der Waals surface area contributed by atoms with Gasteiger partial charge in [0.05, 0.1) is 0 Å². The lowest BCUT2D eigenvalue weighted by atomic mass is 10.0. The summed E-state index contributed by atoms with van der Waals surface area (Å²) in [5.41, 5.74) is 4.05. The Bertz CT molecular complexity index is 747. The summed E-state index contributed by atoms with van der Waals surface area (Å²) in [6, 6.07) is 0.498. The Kier molecular flexibility index (Phi) is 8.02. The van der Waals surface area contributed by atoms with E-state index in [0.717, 1.165) is 18.2 Å². The highest BCUT2D eigenvalue weighted by Crippen LogP contribution is 2.15. The molecule has 0 bridgehead atoms. The molecule has 0 heterocycles. The molecule has 10 heteroatoms. The summed E-state index contributed by atoms with van der Waals surface area (Å²) in [7, 11) is 0. The first-order chi connectivity index (χ1) is 13.0. The van der Waals surface area contributed by atoms with Crippen molar-refractivity contribution in [1.82, 2.24) is 10.6 Å². The number of halogens is 2. The minimum atomic E-state index is -1.36. The molecule has 0 radical (unpaired) electrons. The van der Waals surface area contributed by atoms with Gasteiger partial charge in [0.1, 0.15) is 23.2 Å². The molecule has 0 aliphatic carbocycles. The van der Waals surface area contributed by atoms with Gasteiger partial charge in [-0.15, -0.1) is 0 Å². The maximum Gasteiger partial charge on any atom is 0.329 e. The Hall–Kier alpha value is -3.04. The van der Waals surface area contributed by atoms with Gasteiger partial charge in [0.25, 0.3) is 11.8 Å². The van der Waals surface area contributed by atoms with E-state index in [0.29, 0.717) is 0 Å². The van der Waals surface area contributed by atoms with E-state index in [9.17, 15) is 28.0 Å². The number of rotatable bonds is 7. The Morgan fingerprint density at radius 2 is 1.54 bits per heavy atom. The zero-order valence-electron chi connectivity index (χ0n) is 15.9. The van der Waals surface area contributed by atoms with Crippen LogP contribution in [-0.4, -0.2) is 36.0 Å². The molecule has 0 saturated heterocycles. The highest BCUT2D eigenvalue weighted by atomic mass is 19.1. The van der Waals surface area contributed by atoms with E-state index in [1.165, 1.54) is 0 Å². The van der Waals surface area contributed by atoms with Gasteiger partial charge in [-0.2, -0.15) is 0 Å². The predicted molar refractivity (Wildman–Crippen MR) is 94.9 cm³/mol. The molecule has 1 aromatic rings. The molecule has 1 aromatic carbocycles. The second kappa shape index (κ2) is 9.77. The number of hydrogen-bond acceptors (Lipinski definition) is 5. The molecule has 1 rings (SSSR count). The van der Waals surface area contributed by atoms with Gasteiger partial charge < -0.3 is 15.8 Å². The lowest BCUT2D eigenvalue weighted by Crippen LogP contribution is -2.50. The van der Waals surface area contributed by atoms with Crippen LogP contribution < -0.4 is 16.4 Å².